The molecule has 2 aromatic carbocycles. The average Bonchev–Trinajstić information content (AvgIpc) is 2.34. The molecule has 0 saturated carbocycles. The highest BCUT2D eigenvalue weighted by molar-refractivity contribution is 6.30. The summed E-state index contributed by atoms with van der Waals surface area (Å²) >= 11 is 5.77. The van der Waals surface area contributed by atoms with Crippen LogP contribution in [0.25, 0.3) is 11.1 Å². The lowest BCUT2D eigenvalue weighted by atomic mass is 10.0. The first-order valence-corrected chi connectivity index (χ1v) is 5.26. The lowest BCUT2D eigenvalue weighted by Crippen LogP contribution is -1.84. The summed E-state index contributed by atoms with van der Waals surface area (Å²) in [6.07, 6.45) is 0. The molecule has 0 aliphatic rings. The first kappa shape index (κ1) is 12.2. The maximum absolute atomic E-state index is 9.70. The van der Waals surface area contributed by atoms with Crippen LogP contribution < -0.4 is 0 Å². The van der Waals surface area contributed by atoms with Gasteiger partial charge in [-0.15, -0.1) is 0 Å². The zero-order chi connectivity index (χ0) is 13.4. The molecule has 0 spiro atoms. The maximum Gasteiger partial charge on any atom is 0.208 e. The Balaban J connectivity index is 2.80. The molecule has 0 heterocycles. The van der Waals surface area contributed by atoms with Crippen LogP contribution in [0.2, 0.25) is 5.02 Å². The number of phenols is 5. The molecule has 5 N–H and O–H groups in total. The second kappa shape index (κ2) is 4.19. The van der Waals surface area contributed by atoms with E-state index in [1.165, 1.54) is 12.1 Å². The molecular formula is C12H9ClO5. The van der Waals surface area contributed by atoms with Crippen molar-refractivity contribution >= 4 is 11.6 Å². The largest absolute Gasteiger partial charge is 0.504 e. The monoisotopic (exact) mass is 268 g/mol. The number of benzene rings is 2. The lowest BCUT2D eigenvalue weighted by molar-refractivity contribution is 0.330. The number of halogens is 1. The Morgan fingerprint density at radius 3 is 1.72 bits per heavy atom. The van der Waals surface area contributed by atoms with E-state index in [1.807, 2.05) is 0 Å². The number of rotatable bonds is 1. The summed E-state index contributed by atoms with van der Waals surface area (Å²) in [5.74, 6) is -4.31. The van der Waals surface area contributed by atoms with Crippen LogP contribution in [-0.2, 0) is 0 Å². The van der Waals surface area contributed by atoms with Crippen LogP contribution >= 0.6 is 11.6 Å². The first-order valence-electron chi connectivity index (χ1n) is 4.88. The molecule has 0 saturated heterocycles. The van der Waals surface area contributed by atoms with Gasteiger partial charge >= 0.3 is 0 Å². The number of hydrogen-bond donors (Lipinski definition) is 5. The fourth-order valence-corrected chi connectivity index (χ4v) is 1.79. The van der Waals surface area contributed by atoms with Gasteiger partial charge in [0.15, 0.2) is 11.5 Å². The van der Waals surface area contributed by atoms with E-state index >= 15 is 0 Å². The van der Waals surface area contributed by atoms with E-state index in [0.29, 0.717) is 5.02 Å². The van der Waals surface area contributed by atoms with Crippen LogP contribution in [0.15, 0.2) is 24.3 Å². The van der Waals surface area contributed by atoms with Gasteiger partial charge in [-0.3, -0.25) is 0 Å². The van der Waals surface area contributed by atoms with E-state index in [9.17, 15) is 25.5 Å². The molecule has 0 aliphatic carbocycles. The molecule has 0 fully saturated rings. The number of aromatic hydroxyl groups is 5. The van der Waals surface area contributed by atoms with E-state index in [-0.39, 0.29) is 11.1 Å². The van der Waals surface area contributed by atoms with Crippen LogP contribution in [0.1, 0.15) is 0 Å². The highest BCUT2D eigenvalue weighted by Gasteiger charge is 2.24. The zero-order valence-electron chi connectivity index (χ0n) is 8.92. The van der Waals surface area contributed by atoms with E-state index in [1.54, 1.807) is 12.1 Å². The molecule has 2 rings (SSSR count). The van der Waals surface area contributed by atoms with Gasteiger partial charge in [0, 0.05) is 5.02 Å². The molecule has 94 valence electrons. The fourth-order valence-electron chi connectivity index (χ4n) is 1.60. The molecule has 18 heavy (non-hydrogen) atoms. The van der Waals surface area contributed by atoms with Crippen molar-refractivity contribution in [1.82, 2.24) is 0 Å². The van der Waals surface area contributed by atoms with E-state index in [4.69, 9.17) is 11.6 Å². The minimum absolute atomic E-state index is 0.217. The number of phenolic OH excluding ortho intramolecular Hbond substituents is 5. The Morgan fingerprint density at radius 2 is 1.22 bits per heavy atom. The molecular weight excluding hydrogens is 260 g/mol. The van der Waals surface area contributed by atoms with E-state index < -0.39 is 28.7 Å². The zero-order valence-corrected chi connectivity index (χ0v) is 9.68. The van der Waals surface area contributed by atoms with Gasteiger partial charge in [-0.05, 0) is 17.7 Å². The van der Waals surface area contributed by atoms with Crippen molar-refractivity contribution in [3.8, 4) is 39.9 Å². The second-order valence-electron chi connectivity index (χ2n) is 3.63. The summed E-state index contributed by atoms with van der Waals surface area (Å²) in [7, 11) is 0. The van der Waals surface area contributed by atoms with Crippen LogP contribution in [0, 0.1) is 0 Å². The fraction of sp³-hybridized carbons (Fsp3) is 0. The third-order valence-corrected chi connectivity index (χ3v) is 2.72. The Morgan fingerprint density at radius 1 is 0.722 bits per heavy atom. The standard InChI is InChI=1S/C12H9ClO5/c13-6-3-1-2-5(4-6)7-8(14)10(16)12(18)11(17)9(7)15/h1-4,14-18H. The Labute approximate surface area is 107 Å². The van der Waals surface area contributed by atoms with E-state index in [0.717, 1.165) is 0 Å². The normalized spacial score (nSPS) is 10.5. The molecule has 0 radical (unpaired) electrons. The third kappa shape index (κ3) is 1.74. The number of hydrogen-bond acceptors (Lipinski definition) is 5. The Bertz CT molecular complexity index is 595. The summed E-state index contributed by atoms with van der Waals surface area (Å²) in [6.45, 7) is 0. The second-order valence-corrected chi connectivity index (χ2v) is 4.06. The van der Waals surface area contributed by atoms with Crippen molar-refractivity contribution in [1.29, 1.82) is 0 Å². The van der Waals surface area contributed by atoms with Crippen LogP contribution in [0.5, 0.6) is 28.7 Å². The Kier molecular flexibility index (Phi) is 2.84. The molecule has 6 heteroatoms. The lowest BCUT2D eigenvalue weighted by Gasteiger charge is -2.12. The molecule has 5 nitrogen and oxygen atoms in total. The smallest absolute Gasteiger partial charge is 0.208 e. The first-order chi connectivity index (χ1) is 8.43. The molecule has 0 atom stereocenters. The maximum atomic E-state index is 9.70. The molecule has 0 unspecified atom stereocenters. The van der Waals surface area contributed by atoms with Gasteiger partial charge in [-0.2, -0.15) is 0 Å². The van der Waals surface area contributed by atoms with Crippen molar-refractivity contribution in [2.75, 3.05) is 0 Å². The summed E-state index contributed by atoms with van der Waals surface area (Å²) in [6, 6.07) is 6.08. The van der Waals surface area contributed by atoms with Gasteiger partial charge in [0.2, 0.25) is 17.2 Å². The van der Waals surface area contributed by atoms with Crippen molar-refractivity contribution in [3.63, 3.8) is 0 Å². The van der Waals surface area contributed by atoms with Gasteiger partial charge in [0.05, 0.1) is 5.56 Å². The average molecular weight is 269 g/mol. The third-order valence-electron chi connectivity index (χ3n) is 2.48. The predicted molar refractivity (Wildman–Crippen MR) is 65.2 cm³/mol. The van der Waals surface area contributed by atoms with Gasteiger partial charge in [0.25, 0.3) is 0 Å². The van der Waals surface area contributed by atoms with Gasteiger partial charge in [-0.1, -0.05) is 23.7 Å². The van der Waals surface area contributed by atoms with Crippen molar-refractivity contribution in [2.45, 2.75) is 0 Å². The summed E-state index contributed by atoms with van der Waals surface area (Å²) in [5, 5.41) is 47.8. The van der Waals surface area contributed by atoms with Crippen molar-refractivity contribution in [2.24, 2.45) is 0 Å². The molecule has 2 aromatic rings. The van der Waals surface area contributed by atoms with Gasteiger partial charge < -0.3 is 25.5 Å². The minimum Gasteiger partial charge on any atom is -0.504 e. The molecule has 0 aromatic heterocycles. The highest BCUT2D eigenvalue weighted by Crippen LogP contribution is 2.54. The quantitative estimate of drug-likeness (QED) is 0.404. The van der Waals surface area contributed by atoms with Crippen LogP contribution in [0.4, 0.5) is 0 Å². The summed E-state index contributed by atoms with van der Waals surface area (Å²) in [5.41, 5.74) is 0.0633. The minimum atomic E-state index is -0.990. The van der Waals surface area contributed by atoms with Gasteiger partial charge in [0.1, 0.15) is 0 Å². The van der Waals surface area contributed by atoms with Crippen molar-refractivity contribution < 1.29 is 25.5 Å². The van der Waals surface area contributed by atoms with Crippen molar-refractivity contribution in [3.05, 3.63) is 29.3 Å². The predicted octanol–water partition coefficient (Wildman–Crippen LogP) is 2.53. The SMILES string of the molecule is Oc1c(O)c(O)c(-c2cccc(Cl)c2)c(O)c1O. The van der Waals surface area contributed by atoms with Gasteiger partial charge in [-0.25, -0.2) is 0 Å². The topological polar surface area (TPSA) is 101 Å². The highest BCUT2D eigenvalue weighted by atomic mass is 35.5. The van der Waals surface area contributed by atoms with E-state index in [2.05, 4.69) is 0 Å². The summed E-state index contributed by atoms with van der Waals surface area (Å²) < 4.78 is 0. The molecule has 0 aliphatic heterocycles. The van der Waals surface area contributed by atoms with Crippen LogP contribution in [-0.4, -0.2) is 25.5 Å². The molecule has 0 bridgehead atoms. The van der Waals surface area contributed by atoms with Crippen LogP contribution in [0.3, 0.4) is 0 Å². The summed E-state index contributed by atoms with van der Waals surface area (Å²) in [4.78, 5) is 0. The Hall–Kier alpha value is -2.27. The molecule has 0 amide bonds.